The summed E-state index contributed by atoms with van der Waals surface area (Å²) in [6, 6.07) is 5.93. The smallest absolute Gasteiger partial charge is 0.0656 e. The van der Waals surface area contributed by atoms with Gasteiger partial charge in [0.2, 0.25) is 0 Å². The van der Waals surface area contributed by atoms with Gasteiger partial charge in [0.1, 0.15) is 0 Å². The third-order valence-electron chi connectivity index (χ3n) is 3.82. The fraction of sp³-hybridized carbons (Fsp3) is 0.500. The Morgan fingerprint density at radius 3 is 2.53 bits per heavy atom. The number of hydrogen-bond donors (Lipinski definition) is 1. The molecule has 2 fully saturated rings. The van der Waals surface area contributed by atoms with Crippen LogP contribution >= 0.6 is 11.6 Å². The van der Waals surface area contributed by atoms with E-state index in [0.29, 0.717) is 16.1 Å². The van der Waals surface area contributed by atoms with Gasteiger partial charge in [-0.25, -0.2) is 0 Å². The number of benzene rings is 1. The summed E-state index contributed by atoms with van der Waals surface area (Å²) in [6.45, 7) is 2.40. The highest BCUT2D eigenvalue weighted by atomic mass is 35.5. The summed E-state index contributed by atoms with van der Waals surface area (Å²) in [6.07, 6.45) is 4.23. The molecule has 0 radical (unpaired) electrons. The number of nitrogens with two attached hydrogens (primary N) is 1. The van der Waals surface area contributed by atoms with Crippen LogP contribution in [-0.2, 0) is 0 Å². The fourth-order valence-electron chi connectivity index (χ4n) is 2.65. The van der Waals surface area contributed by atoms with Crippen LogP contribution in [0.1, 0.15) is 19.3 Å². The predicted molar refractivity (Wildman–Crippen MR) is 64.4 cm³/mol. The molecule has 1 aliphatic carbocycles. The molecular weight excluding hydrogens is 208 g/mol. The molecule has 0 amide bonds. The number of hydrogen-bond acceptors (Lipinski definition) is 2. The average molecular weight is 223 g/mol. The van der Waals surface area contributed by atoms with E-state index in [1.165, 1.54) is 38.0 Å². The third-order valence-corrected chi connectivity index (χ3v) is 4.14. The third kappa shape index (κ3) is 1.39. The van der Waals surface area contributed by atoms with Crippen molar-refractivity contribution in [1.82, 2.24) is 0 Å². The van der Waals surface area contributed by atoms with E-state index < -0.39 is 0 Å². The van der Waals surface area contributed by atoms with Gasteiger partial charge in [0.15, 0.2) is 0 Å². The topological polar surface area (TPSA) is 29.3 Å². The van der Waals surface area contributed by atoms with Gasteiger partial charge in [-0.15, -0.1) is 0 Å². The summed E-state index contributed by atoms with van der Waals surface area (Å²) in [5.41, 5.74) is 8.23. The molecule has 1 aromatic rings. The van der Waals surface area contributed by atoms with Crippen molar-refractivity contribution in [1.29, 1.82) is 0 Å². The molecule has 1 spiro atoms. The van der Waals surface area contributed by atoms with Crippen LogP contribution in [0, 0.1) is 5.41 Å². The SMILES string of the molecule is Nc1ccc(N2CC3(CCC3)C2)cc1Cl. The zero-order chi connectivity index (χ0) is 10.5. The molecule has 0 atom stereocenters. The first kappa shape index (κ1) is 9.34. The number of rotatable bonds is 1. The van der Waals surface area contributed by atoms with Crippen LogP contribution in [0.5, 0.6) is 0 Å². The van der Waals surface area contributed by atoms with Crippen LogP contribution in [0.25, 0.3) is 0 Å². The molecule has 15 heavy (non-hydrogen) atoms. The predicted octanol–water partition coefficient (Wildman–Crippen LogP) is 2.91. The molecule has 2 nitrogen and oxygen atoms in total. The summed E-state index contributed by atoms with van der Waals surface area (Å²) < 4.78 is 0. The van der Waals surface area contributed by atoms with Gasteiger partial charge >= 0.3 is 0 Å². The van der Waals surface area contributed by atoms with Crippen LogP contribution in [0.15, 0.2) is 18.2 Å². The van der Waals surface area contributed by atoms with Crippen molar-refractivity contribution in [3.05, 3.63) is 23.2 Å². The summed E-state index contributed by atoms with van der Waals surface area (Å²) in [7, 11) is 0. The van der Waals surface area contributed by atoms with Gasteiger partial charge in [-0.2, -0.15) is 0 Å². The number of anilines is 2. The van der Waals surface area contributed by atoms with Crippen molar-refractivity contribution in [3.8, 4) is 0 Å². The maximum atomic E-state index is 6.01. The first-order valence-corrected chi connectivity index (χ1v) is 5.86. The molecule has 1 aromatic carbocycles. The quantitative estimate of drug-likeness (QED) is 0.741. The molecule has 3 heteroatoms. The largest absolute Gasteiger partial charge is 0.398 e. The highest BCUT2D eigenvalue weighted by Gasteiger charge is 2.47. The zero-order valence-corrected chi connectivity index (χ0v) is 9.43. The highest BCUT2D eigenvalue weighted by Crippen LogP contribution is 2.49. The van der Waals surface area contributed by atoms with Crippen LogP contribution in [0.4, 0.5) is 11.4 Å². The van der Waals surface area contributed by atoms with Crippen molar-refractivity contribution >= 4 is 23.0 Å². The summed E-state index contributed by atoms with van der Waals surface area (Å²) in [4.78, 5) is 2.39. The maximum Gasteiger partial charge on any atom is 0.0656 e. The highest BCUT2D eigenvalue weighted by molar-refractivity contribution is 6.33. The minimum absolute atomic E-state index is 0.661. The molecule has 2 N–H and O–H groups in total. The Morgan fingerprint density at radius 1 is 1.27 bits per heavy atom. The lowest BCUT2D eigenvalue weighted by molar-refractivity contribution is 0.0904. The van der Waals surface area contributed by atoms with Crippen molar-refractivity contribution < 1.29 is 0 Å². The van der Waals surface area contributed by atoms with Gasteiger partial charge in [-0.3, -0.25) is 0 Å². The van der Waals surface area contributed by atoms with Gasteiger partial charge in [-0.1, -0.05) is 18.0 Å². The summed E-state index contributed by atoms with van der Waals surface area (Å²) >= 11 is 6.01. The molecule has 2 aliphatic rings. The molecular formula is C12H15ClN2. The van der Waals surface area contributed by atoms with Gasteiger partial charge in [0, 0.05) is 24.2 Å². The van der Waals surface area contributed by atoms with Gasteiger partial charge in [0.05, 0.1) is 10.7 Å². The van der Waals surface area contributed by atoms with Gasteiger partial charge in [-0.05, 0) is 31.0 Å². The minimum atomic E-state index is 0.661. The fourth-order valence-corrected chi connectivity index (χ4v) is 2.83. The average Bonchev–Trinajstić information content (AvgIpc) is 2.06. The molecule has 0 aromatic heterocycles. The van der Waals surface area contributed by atoms with Crippen LogP contribution < -0.4 is 10.6 Å². The van der Waals surface area contributed by atoms with Crippen molar-refractivity contribution in [2.45, 2.75) is 19.3 Å². The Labute approximate surface area is 95.0 Å². The van der Waals surface area contributed by atoms with Crippen LogP contribution in [0.3, 0.4) is 0 Å². The van der Waals surface area contributed by atoms with Gasteiger partial charge < -0.3 is 10.6 Å². The van der Waals surface area contributed by atoms with E-state index in [4.69, 9.17) is 17.3 Å². The lowest BCUT2D eigenvalue weighted by Gasteiger charge is -2.57. The van der Waals surface area contributed by atoms with E-state index in [2.05, 4.69) is 11.0 Å². The Kier molecular flexibility index (Phi) is 1.90. The summed E-state index contributed by atoms with van der Waals surface area (Å²) in [5, 5.41) is 0.669. The Balaban J connectivity index is 1.75. The molecule has 1 saturated heterocycles. The maximum absolute atomic E-state index is 6.01. The Bertz CT molecular complexity index is 391. The second kappa shape index (κ2) is 3.05. The van der Waals surface area contributed by atoms with E-state index in [1.807, 2.05) is 12.1 Å². The number of nitrogens with zero attached hydrogens (tertiary/aromatic N) is 1. The Morgan fingerprint density at radius 2 is 2.00 bits per heavy atom. The van der Waals surface area contributed by atoms with E-state index in [1.54, 1.807) is 0 Å². The van der Waals surface area contributed by atoms with Crippen molar-refractivity contribution in [2.24, 2.45) is 5.41 Å². The number of halogens is 1. The monoisotopic (exact) mass is 222 g/mol. The zero-order valence-electron chi connectivity index (χ0n) is 8.67. The van der Waals surface area contributed by atoms with E-state index in [9.17, 15) is 0 Å². The molecule has 80 valence electrons. The van der Waals surface area contributed by atoms with Crippen LogP contribution in [0.2, 0.25) is 5.02 Å². The van der Waals surface area contributed by atoms with E-state index >= 15 is 0 Å². The normalized spacial score (nSPS) is 22.3. The van der Waals surface area contributed by atoms with E-state index in [0.717, 1.165) is 0 Å². The molecule has 1 heterocycles. The molecule has 1 saturated carbocycles. The first-order valence-electron chi connectivity index (χ1n) is 5.49. The Hall–Kier alpha value is -0.890. The number of nitrogen functional groups attached to an aromatic ring is 1. The second-order valence-electron chi connectivity index (χ2n) is 4.92. The van der Waals surface area contributed by atoms with Crippen molar-refractivity contribution in [3.63, 3.8) is 0 Å². The van der Waals surface area contributed by atoms with Crippen molar-refractivity contribution in [2.75, 3.05) is 23.7 Å². The lowest BCUT2D eigenvalue weighted by atomic mass is 9.63. The van der Waals surface area contributed by atoms with Gasteiger partial charge in [0.25, 0.3) is 0 Å². The standard InChI is InChI=1S/C12H15ClN2/c13-10-6-9(2-3-11(10)14)15-7-12(8-15)4-1-5-12/h2-3,6H,1,4-5,7-8,14H2. The lowest BCUT2D eigenvalue weighted by Crippen LogP contribution is -2.59. The first-order chi connectivity index (χ1) is 7.19. The molecule has 0 bridgehead atoms. The summed E-state index contributed by atoms with van der Waals surface area (Å²) in [5.74, 6) is 0. The second-order valence-corrected chi connectivity index (χ2v) is 5.32. The minimum Gasteiger partial charge on any atom is -0.398 e. The molecule has 0 unspecified atom stereocenters. The van der Waals surface area contributed by atoms with E-state index in [-0.39, 0.29) is 0 Å². The van der Waals surface area contributed by atoms with Crippen LogP contribution in [-0.4, -0.2) is 13.1 Å². The molecule has 3 rings (SSSR count). The molecule has 1 aliphatic heterocycles.